The van der Waals surface area contributed by atoms with Crippen LogP contribution in [0.5, 0.6) is 11.5 Å². The zero-order valence-electron chi connectivity index (χ0n) is 10.2. The molecule has 0 fully saturated rings. The van der Waals surface area contributed by atoms with E-state index in [2.05, 4.69) is 5.32 Å². The Morgan fingerprint density at radius 2 is 2.18 bits per heavy atom. The van der Waals surface area contributed by atoms with Crippen LogP contribution in [0.2, 0.25) is 0 Å². The van der Waals surface area contributed by atoms with Crippen LogP contribution in [0, 0.1) is 0 Å². The van der Waals surface area contributed by atoms with Crippen LogP contribution in [0.15, 0.2) is 12.1 Å². The molecule has 0 heterocycles. The zero-order chi connectivity index (χ0) is 12.8. The fraction of sp³-hybridized carbons (Fsp3) is 0.500. The average molecular weight is 240 g/mol. The van der Waals surface area contributed by atoms with Gasteiger partial charge in [-0.2, -0.15) is 0 Å². The lowest BCUT2D eigenvalue weighted by molar-refractivity contribution is 0.123. The topological polar surface area (TPSA) is 87.7 Å². The third-order valence-electron chi connectivity index (χ3n) is 2.40. The Morgan fingerprint density at radius 1 is 1.47 bits per heavy atom. The second-order valence-corrected chi connectivity index (χ2v) is 3.99. The summed E-state index contributed by atoms with van der Waals surface area (Å²) in [5.41, 5.74) is 7.02. The maximum Gasteiger partial charge on any atom is 0.142 e. The molecule has 0 aliphatic carbocycles. The largest absolute Gasteiger partial charge is 0.508 e. The van der Waals surface area contributed by atoms with E-state index >= 15 is 0 Å². The molecule has 96 valence electrons. The van der Waals surface area contributed by atoms with E-state index < -0.39 is 6.10 Å². The van der Waals surface area contributed by atoms with Gasteiger partial charge in [0.2, 0.25) is 0 Å². The van der Waals surface area contributed by atoms with Crippen molar-refractivity contribution in [1.82, 2.24) is 5.32 Å². The summed E-state index contributed by atoms with van der Waals surface area (Å²) < 4.78 is 5.37. The molecule has 0 amide bonds. The van der Waals surface area contributed by atoms with Gasteiger partial charge < -0.3 is 26.0 Å². The predicted molar refractivity (Wildman–Crippen MR) is 67.3 cm³/mol. The predicted octanol–water partition coefficient (Wildman–Crippen LogP) is 0.496. The van der Waals surface area contributed by atoms with Crippen LogP contribution in [0.25, 0.3) is 0 Å². The first-order valence-corrected chi connectivity index (χ1v) is 5.62. The number of hydrogen-bond donors (Lipinski definition) is 4. The minimum atomic E-state index is -0.552. The van der Waals surface area contributed by atoms with Gasteiger partial charge >= 0.3 is 0 Å². The van der Waals surface area contributed by atoms with Crippen molar-refractivity contribution in [2.24, 2.45) is 0 Å². The highest BCUT2D eigenvalue weighted by Gasteiger charge is 2.11. The number of likely N-dealkylation sites (N-methyl/N-ethyl adjacent to an activating group) is 1. The highest BCUT2D eigenvalue weighted by molar-refractivity contribution is 5.63. The zero-order valence-corrected chi connectivity index (χ0v) is 10.2. The number of anilines is 1. The molecule has 1 rings (SSSR count). The lowest BCUT2D eigenvalue weighted by Crippen LogP contribution is -2.15. The number of aromatic hydroxyl groups is 1. The number of rotatable bonds is 6. The summed E-state index contributed by atoms with van der Waals surface area (Å²) in [5.74, 6) is 0.664. The van der Waals surface area contributed by atoms with E-state index in [9.17, 15) is 5.11 Å². The standard InChI is InChI=1S/C12H20N2O3/c1-8(15)7-17-11-4-3-10(16)9(12(11)13)5-6-14-2/h3-4,8,14-16H,5-7,13H2,1-2H3. The number of phenolic OH excluding ortho intramolecular Hbond substituents is 1. The van der Waals surface area contributed by atoms with Gasteiger partial charge in [-0.1, -0.05) is 0 Å². The fourth-order valence-electron chi connectivity index (χ4n) is 1.48. The summed E-state index contributed by atoms with van der Waals surface area (Å²) in [6.07, 6.45) is 0.0732. The number of nitrogens with one attached hydrogen (secondary N) is 1. The van der Waals surface area contributed by atoms with Crippen molar-refractivity contribution in [3.8, 4) is 11.5 Å². The van der Waals surface area contributed by atoms with Gasteiger partial charge in [-0.15, -0.1) is 0 Å². The molecule has 0 aliphatic heterocycles. The number of nitrogens with two attached hydrogens (primary N) is 1. The molecule has 5 nitrogen and oxygen atoms in total. The Bertz CT molecular complexity index is 367. The first kappa shape index (κ1) is 13.6. The molecule has 0 aromatic heterocycles. The number of phenols is 1. The van der Waals surface area contributed by atoms with E-state index in [1.54, 1.807) is 19.1 Å². The minimum Gasteiger partial charge on any atom is -0.508 e. The molecule has 0 radical (unpaired) electrons. The number of aliphatic hydroxyl groups is 1. The highest BCUT2D eigenvalue weighted by Crippen LogP contribution is 2.32. The summed E-state index contributed by atoms with van der Waals surface area (Å²) in [4.78, 5) is 0. The van der Waals surface area contributed by atoms with Crippen molar-refractivity contribution in [1.29, 1.82) is 0 Å². The third-order valence-corrected chi connectivity index (χ3v) is 2.40. The smallest absolute Gasteiger partial charge is 0.142 e. The Labute approximate surface area is 101 Å². The molecule has 0 bridgehead atoms. The first-order chi connectivity index (χ1) is 8.06. The lowest BCUT2D eigenvalue weighted by Gasteiger charge is -2.14. The fourth-order valence-corrected chi connectivity index (χ4v) is 1.48. The van der Waals surface area contributed by atoms with Gasteiger partial charge in [-0.25, -0.2) is 0 Å². The quantitative estimate of drug-likeness (QED) is 0.544. The molecule has 1 unspecified atom stereocenters. The van der Waals surface area contributed by atoms with E-state index in [1.807, 2.05) is 7.05 Å². The summed E-state index contributed by atoms with van der Waals surface area (Å²) in [6, 6.07) is 3.16. The van der Waals surface area contributed by atoms with Crippen LogP contribution in [-0.2, 0) is 6.42 Å². The van der Waals surface area contributed by atoms with E-state index in [0.717, 1.165) is 6.54 Å². The number of benzene rings is 1. The van der Waals surface area contributed by atoms with Crippen molar-refractivity contribution in [2.45, 2.75) is 19.4 Å². The van der Waals surface area contributed by atoms with Crippen LogP contribution in [0.3, 0.4) is 0 Å². The van der Waals surface area contributed by atoms with Crippen molar-refractivity contribution in [2.75, 3.05) is 25.9 Å². The minimum absolute atomic E-state index is 0.169. The molecule has 0 saturated heterocycles. The molecular formula is C12H20N2O3. The van der Waals surface area contributed by atoms with Crippen LogP contribution in [0.4, 0.5) is 5.69 Å². The number of hydrogen-bond acceptors (Lipinski definition) is 5. The van der Waals surface area contributed by atoms with E-state index in [1.165, 1.54) is 0 Å². The summed E-state index contributed by atoms with van der Waals surface area (Å²) in [5, 5.41) is 21.8. The van der Waals surface area contributed by atoms with Crippen LogP contribution in [0.1, 0.15) is 12.5 Å². The second-order valence-electron chi connectivity index (χ2n) is 3.99. The van der Waals surface area contributed by atoms with E-state index in [-0.39, 0.29) is 12.4 Å². The van der Waals surface area contributed by atoms with Gasteiger partial charge in [0.05, 0.1) is 11.8 Å². The molecule has 1 aromatic carbocycles. The van der Waals surface area contributed by atoms with Crippen LogP contribution in [-0.4, -0.2) is 36.5 Å². The molecular weight excluding hydrogens is 220 g/mol. The van der Waals surface area contributed by atoms with E-state index in [0.29, 0.717) is 23.4 Å². The summed E-state index contributed by atoms with van der Waals surface area (Å²) in [7, 11) is 1.83. The van der Waals surface area contributed by atoms with Crippen molar-refractivity contribution in [3.05, 3.63) is 17.7 Å². The number of nitrogen functional groups attached to an aromatic ring is 1. The number of ether oxygens (including phenoxy) is 1. The molecule has 5 N–H and O–H groups in total. The molecule has 0 aliphatic rings. The Hall–Kier alpha value is -1.46. The van der Waals surface area contributed by atoms with Gasteiger partial charge in [0.25, 0.3) is 0 Å². The number of aliphatic hydroxyl groups excluding tert-OH is 1. The molecule has 17 heavy (non-hydrogen) atoms. The summed E-state index contributed by atoms with van der Waals surface area (Å²) in [6.45, 7) is 2.54. The molecule has 0 saturated carbocycles. The van der Waals surface area contributed by atoms with E-state index in [4.69, 9.17) is 15.6 Å². The van der Waals surface area contributed by atoms with Crippen molar-refractivity contribution < 1.29 is 14.9 Å². The normalized spacial score (nSPS) is 12.4. The van der Waals surface area contributed by atoms with Crippen LogP contribution < -0.4 is 15.8 Å². The molecule has 5 heteroatoms. The second kappa shape index (κ2) is 6.32. The maximum absolute atomic E-state index is 9.71. The van der Waals surface area contributed by atoms with Gasteiger partial charge in [0.15, 0.2) is 0 Å². The lowest BCUT2D eigenvalue weighted by atomic mass is 10.1. The Morgan fingerprint density at radius 3 is 2.76 bits per heavy atom. The molecule has 1 atom stereocenters. The van der Waals surface area contributed by atoms with Crippen molar-refractivity contribution in [3.63, 3.8) is 0 Å². The van der Waals surface area contributed by atoms with Gasteiger partial charge in [-0.3, -0.25) is 0 Å². The Balaban J connectivity index is 2.85. The average Bonchev–Trinajstić information content (AvgIpc) is 2.27. The molecule has 1 aromatic rings. The first-order valence-electron chi connectivity index (χ1n) is 5.62. The SMILES string of the molecule is CNCCc1c(O)ccc(OCC(C)O)c1N. The van der Waals surface area contributed by atoms with Gasteiger partial charge in [0, 0.05) is 5.56 Å². The monoisotopic (exact) mass is 240 g/mol. The van der Waals surface area contributed by atoms with Crippen LogP contribution >= 0.6 is 0 Å². The summed E-state index contributed by atoms with van der Waals surface area (Å²) >= 11 is 0. The highest BCUT2D eigenvalue weighted by atomic mass is 16.5. The van der Waals surface area contributed by atoms with Gasteiger partial charge in [-0.05, 0) is 39.1 Å². The molecule has 0 spiro atoms. The maximum atomic E-state index is 9.71. The Kier molecular flexibility index (Phi) is 5.06. The van der Waals surface area contributed by atoms with Gasteiger partial charge in [0.1, 0.15) is 18.1 Å². The van der Waals surface area contributed by atoms with Crippen molar-refractivity contribution >= 4 is 5.69 Å². The third kappa shape index (κ3) is 3.80.